The predicted molar refractivity (Wildman–Crippen MR) is 101 cm³/mol. The standard InChI is InChI=1S/C19H22F3N7O/c1-18(2,3)14-9-12(25-26-14)15(30)28-8-4-5-11(10-28)13-6-7-23-17-24-16(19(20,21)22)27-29(13)17/h6-7,9,11H,4-5,8,10H2,1-3H3,(H,25,26)/t11-/m0/s1. The third kappa shape index (κ3) is 3.75. The van der Waals surface area contributed by atoms with Crippen LogP contribution in [0.3, 0.4) is 0 Å². The van der Waals surface area contributed by atoms with Crippen LogP contribution < -0.4 is 0 Å². The Morgan fingerprint density at radius 2 is 2.03 bits per heavy atom. The average molecular weight is 421 g/mol. The van der Waals surface area contributed by atoms with Gasteiger partial charge in [0.05, 0.1) is 5.69 Å². The SMILES string of the molecule is CC(C)(C)c1cc(C(=O)N2CCC[C@H](c3ccnc4nc(C(F)(F)F)nn34)C2)n[nH]1. The molecular weight excluding hydrogens is 399 g/mol. The van der Waals surface area contributed by atoms with E-state index in [1.54, 1.807) is 17.0 Å². The maximum absolute atomic E-state index is 13.0. The Bertz CT molecular complexity index is 1080. The fourth-order valence-corrected chi connectivity index (χ4v) is 3.62. The number of carbonyl (C=O) groups is 1. The monoisotopic (exact) mass is 421 g/mol. The highest BCUT2D eigenvalue weighted by Crippen LogP contribution is 2.30. The van der Waals surface area contributed by atoms with Crippen LogP contribution in [0.1, 0.15) is 67.2 Å². The van der Waals surface area contributed by atoms with Crippen molar-refractivity contribution in [2.75, 3.05) is 13.1 Å². The predicted octanol–water partition coefficient (Wildman–Crippen LogP) is 3.18. The molecule has 4 heterocycles. The number of alkyl halides is 3. The summed E-state index contributed by atoms with van der Waals surface area (Å²) in [7, 11) is 0. The van der Waals surface area contributed by atoms with Crippen LogP contribution in [0.15, 0.2) is 18.3 Å². The molecule has 1 fully saturated rings. The van der Waals surface area contributed by atoms with Gasteiger partial charge < -0.3 is 4.90 Å². The number of amides is 1. The van der Waals surface area contributed by atoms with Gasteiger partial charge in [-0.2, -0.15) is 23.3 Å². The smallest absolute Gasteiger partial charge is 0.337 e. The van der Waals surface area contributed by atoms with E-state index in [2.05, 4.69) is 25.3 Å². The second kappa shape index (κ2) is 7.06. The number of hydrogen-bond acceptors (Lipinski definition) is 5. The summed E-state index contributed by atoms with van der Waals surface area (Å²) in [4.78, 5) is 22.0. The second-order valence-electron chi connectivity index (χ2n) is 8.52. The molecule has 0 bridgehead atoms. The summed E-state index contributed by atoms with van der Waals surface area (Å²) in [6.07, 6.45) is -1.79. The van der Waals surface area contributed by atoms with Crippen molar-refractivity contribution < 1.29 is 18.0 Å². The first-order valence-electron chi connectivity index (χ1n) is 9.68. The number of aromatic amines is 1. The van der Waals surface area contributed by atoms with E-state index in [-0.39, 0.29) is 23.0 Å². The largest absolute Gasteiger partial charge is 0.453 e. The van der Waals surface area contributed by atoms with Crippen LogP contribution in [-0.2, 0) is 11.6 Å². The van der Waals surface area contributed by atoms with Crippen LogP contribution in [0.25, 0.3) is 5.78 Å². The van der Waals surface area contributed by atoms with Crippen molar-refractivity contribution in [1.82, 2.24) is 34.7 Å². The summed E-state index contributed by atoms with van der Waals surface area (Å²) >= 11 is 0. The molecule has 1 amide bonds. The van der Waals surface area contributed by atoms with Gasteiger partial charge in [0.15, 0.2) is 0 Å². The van der Waals surface area contributed by atoms with Gasteiger partial charge in [0.2, 0.25) is 0 Å². The van der Waals surface area contributed by atoms with Crippen molar-refractivity contribution >= 4 is 11.7 Å². The van der Waals surface area contributed by atoms with Crippen molar-refractivity contribution in [2.45, 2.75) is 51.1 Å². The molecule has 1 saturated heterocycles. The maximum atomic E-state index is 13.0. The second-order valence-corrected chi connectivity index (χ2v) is 8.52. The van der Waals surface area contributed by atoms with Crippen LogP contribution in [0, 0.1) is 0 Å². The number of H-pyrrole nitrogens is 1. The summed E-state index contributed by atoms with van der Waals surface area (Å²) < 4.78 is 40.2. The topological polar surface area (TPSA) is 92.1 Å². The highest BCUT2D eigenvalue weighted by atomic mass is 19.4. The number of halogens is 3. The van der Waals surface area contributed by atoms with Crippen molar-refractivity contribution in [3.8, 4) is 0 Å². The Hall–Kier alpha value is -2.98. The Morgan fingerprint density at radius 3 is 2.70 bits per heavy atom. The first kappa shape index (κ1) is 20.3. The van der Waals surface area contributed by atoms with Crippen LogP contribution in [0.4, 0.5) is 13.2 Å². The molecule has 4 rings (SSSR count). The number of rotatable bonds is 2. The Balaban J connectivity index is 1.59. The molecule has 1 aliphatic rings. The van der Waals surface area contributed by atoms with Gasteiger partial charge in [0.1, 0.15) is 5.69 Å². The molecule has 0 saturated carbocycles. The van der Waals surface area contributed by atoms with Crippen molar-refractivity contribution in [1.29, 1.82) is 0 Å². The molecule has 0 aromatic carbocycles. The van der Waals surface area contributed by atoms with Gasteiger partial charge in [0.25, 0.3) is 17.5 Å². The molecule has 0 unspecified atom stereocenters. The molecule has 3 aromatic heterocycles. The van der Waals surface area contributed by atoms with Crippen LogP contribution >= 0.6 is 0 Å². The number of piperidine rings is 1. The third-order valence-electron chi connectivity index (χ3n) is 5.26. The molecule has 0 spiro atoms. The third-order valence-corrected chi connectivity index (χ3v) is 5.26. The highest BCUT2D eigenvalue weighted by molar-refractivity contribution is 5.92. The molecule has 160 valence electrons. The molecule has 1 N–H and O–H groups in total. The first-order chi connectivity index (χ1) is 14.0. The van der Waals surface area contributed by atoms with Gasteiger partial charge in [-0.25, -0.2) is 9.50 Å². The van der Waals surface area contributed by atoms with E-state index in [0.29, 0.717) is 24.5 Å². The Morgan fingerprint density at radius 1 is 1.27 bits per heavy atom. The Kier molecular flexibility index (Phi) is 4.78. The van der Waals surface area contributed by atoms with E-state index in [1.807, 2.05) is 20.8 Å². The molecule has 11 heteroatoms. The number of aromatic nitrogens is 6. The zero-order valence-corrected chi connectivity index (χ0v) is 16.9. The summed E-state index contributed by atoms with van der Waals surface area (Å²) in [6.45, 7) is 6.98. The number of fused-ring (bicyclic) bond motifs is 1. The van der Waals surface area contributed by atoms with Crippen molar-refractivity contribution in [3.05, 3.63) is 41.2 Å². The lowest BCUT2D eigenvalue weighted by Gasteiger charge is -2.32. The lowest BCUT2D eigenvalue weighted by Crippen LogP contribution is -2.39. The van der Waals surface area contributed by atoms with Gasteiger partial charge in [-0.05, 0) is 25.0 Å². The van der Waals surface area contributed by atoms with Crippen LogP contribution in [-0.4, -0.2) is 53.7 Å². The molecule has 0 aliphatic carbocycles. The van der Waals surface area contributed by atoms with E-state index in [0.717, 1.165) is 23.1 Å². The first-order valence-corrected chi connectivity index (χ1v) is 9.68. The average Bonchev–Trinajstić information content (AvgIpc) is 3.34. The minimum absolute atomic E-state index is 0.106. The minimum atomic E-state index is -4.65. The van der Waals surface area contributed by atoms with Crippen molar-refractivity contribution in [2.24, 2.45) is 0 Å². The fraction of sp³-hybridized carbons (Fsp3) is 0.526. The van der Waals surface area contributed by atoms with E-state index >= 15 is 0 Å². The summed E-state index contributed by atoms with van der Waals surface area (Å²) in [6, 6.07) is 3.39. The van der Waals surface area contributed by atoms with Crippen LogP contribution in [0.2, 0.25) is 0 Å². The molecule has 30 heavy (non-hydrogen) atoms. The molecular formula is C19H22F3N7O. The van der Waals surface area contributed by atoms with Gasteiger partial charge in [-0.3, -0.25) is 9.89 Å². The van der Waals surface area contributed by atoms with Gasteiger partial charge >= 0.3 is 6.18 Å². The van der Waals surface area contributed by atoms with Gasteiger partial charge in [-0.1, -0.05) is 20.8 Å². The molecule has 0 radical (unpaired) electrons. The lowest BCUT2D eigenvalue weighted by atomic mass is 9.92. The fourth-order valence-electron chi connectivity index (χ4n) is 3.62. The van der Waals surface area contributed by atoms with Gasteiger partial charge in [0, 0.05) is 36.3 Å². The molecule has 1 aliphatic heterocycles. The number of nitrogens with zero attached hydrogens (tertiary/aromatic N) is 6. The van der Waals surface area contributed by atoms with E-state index in [4.69, 9.17) is 0 Å². The Labute approximate surface area is 170 Å². The molecule has 1 atom stereocenters. The number of hydrogen-bond donors (Lipinski definition) is 1. The number of likely N-dealkylation sites (tertiary alicyclic amines) is 1. The normalized spacial score (nSPS) is 18.2. The summed E-state index contributed by atoms with van der Waals surface area (Å²) in [5, 5.41) is 10.7. The van der Waals surface area contributed by atoms with E-state index in [9.17, 15) is 18.0 Å². The maximum Gasteiger partial charge on any atom is 0.453 e. The van der Waals surface area contributed by atoms with Gasteiger partial charge in [-0.15, -0.1) is 5.10 Å². The lowest BCUT2D eigenvalue weighted by molar-refractivity contribution is -0.144. The molecule has 3 aromatic rings. The van der Waals surface area contributed by atoms with Crippen molar-refractivity contribution in [3.63, 3.8) is 0 Å². The minimum Gasteiger partial charge on any atom is -0.337 e. The van der Waals surface area contributed by atoms with E-state index in [1.165, 1.54) is 6.20 Å². The zero-order valence-electron chi connectivity index (χ0n) is 16.9. The summed E-state index contributed by atoms with van der Waals surface area (Å²) in [5.41, 5.74) is 1.58. The number of carbonyl (C=O) groups excluding carboxylic acids is 1. The highest BCUT2D eigenvalue weighted by Gasteiger charge is 2.37. The van der Waals surface area contributed by atoms with Crippen LogP contribution in [0.5, 0.6) is 0 Å². The quantitative estimate of drug-likeness (QED) is 0.686. The molecule has 8 nitrogen and oxygen atoms in total. The summed E-state index contributed by atoms with van der Waals surface area (Å²) in [5.74, 6) is -1.72. The van der Waals surface area contributed by atoms with E-state index < -0.39 is 12.0 Å². The number of nitrogens with one attached hydrogen (secondary N) is 1. The zero-order chi connectivity index (χ0) is 21.7.